The third kappa shape index (κ3) is 13.5. The van der Waals surface area contributed by atoms with Crippen LogP contribution in [0.25, 0.3) is 0 Å². The van der Waals surface area contributed by atoms with E-state index < -0.39 is 238 Å². The van der Waals surface area contributed by atoms with E-state index in [1.165, 1.54) is 0 Å². The molecule has 22 heterocycles. The number of hydrogen-bond acceptors (Lipinski definition) is 31. The lowest BCUT2D eigenvalue weighted by molar-refractivity contribution is -0.404. The van der Waals surface area contributed by atoms with Crippen LogP contribution in [0, 0.1) is 0 Å². The highest BCUT2D eigenvalue weighted by Gasteiger charge is 2.59. The lowest BCUT2D eigenvalue weighted by Crippen LogP contribution is -2.69. The van der Waals surface area contributed by atoms with Gasteiger partial charge in [-0.15, -0.1) is 0 Å². The van der Waals surface area contributed by atoms with Crippen molar-refractivity contribution in [2.24, 2.45) is 0 Å². The number of hydrogen-bond donors (Lipinski definition) is 19. The fourth-order valence-corrected chi connectivity index (χ4v) is 10.6. The van der Waals surface area contributed by atoms with Crippen LogP contribution in [0.15, 0.2) is 0 Å². The first kappa shape index (κ1) is 61.6. The van der Waals surface area contributed by atoms with Crippen LogP contribution >= 0.6 is 7.60 Å². The summed E-state index contributed by atoms with van der Waals surface area (Å²) < 4.78 is 86.7. The molecule has 0 aromatic carbocycles. The standard InChI is InChI=1S/C41H71O33P/c42-6-12-29-18(48)23(53)36(63-12)70-30-13(7-43)65-38(25(55)20(30)50)72-32-15(9-45)67-40(27(57)22(32)52)74-34-17(11-47)68-41(28(58)35(34)62-4-2-1-3-5-75(59,60)61)73-33-16(10-46)66-39(26(56)21(33)51)71-31-14(8-44)64-37(69-29)24(54)19(31)49/h12-58H,1-11H2,(H2,59,60,61)/t12-,13-,14-,15-,16-,17-,18-,19-,20-,21-,22-,23-,24-,25-,26-,27-,28-,29-,30-,31-,32-,33-,34+,35-,36-,37-,38-,39-,40-,41-/m1/s1. The van der Waals surface area contributed by atoms with E-state index >= 15 is 0 Å². The molecule has 19 N–H and O–H groups in total. The highest BCUT2D eigenvalue weighted by atomic mass is 31.2. The molecule has 438 valence electrons. The number of aliphatic hydroxyl groups is 17. The van der Waals surface area contributed by atoms with E-state index in [1.54, 1.807) is 0 Å². The van der Waals surface area contributed by atoms with Gasteiger partial charge in [0, 0.05) is 12.8 Å². The minimum absolute atomic E-state index is 0.0480. The molecule has 0 spiro atoms. The zero-order chi connectivity index (χ0) is 54.8. The zero-order valence-electron chi connectivity index (χ0n) is 39.8. The zero-order valence-corrected chi connectivity index (χ0v) is 40.7. The van der Waals surface area contributed by atoms with Crippen molar-refractivity contribution in [3.05, 3.63) is 0 Å². The smallest absolute Gasteiger partial charge is 0.325 e. The first-order chi connectivity index (χ1) is 35.6. The quantitative estimate of drug-likeness (QED) is 0.0601. The fraction of sp³-hybridized carbons (Fsp3) is 1.00. The molecule has 0 amide bonds. The van der Waals surface area contributed by atoms with Crippen LogP contribution in [-0.2, 0) is 66.1 Å². The van der Waals surface area contributed by atoms with Gasteiger partial charge in [-0.1, -0.05) is 6.42 Å². The fourth-order valence-electron chi connectivity index (χ4n) is 9.92. The summed E-state index contributed by atoms with van der Waals surface area (Å²) in [6.45, 7) is -6.37. The Morgan fingerprint density at radius 2 is 0.547 bits per heavy atom. The summed E-state index contributed by atoms with van der Waals surface area (Å²) in [4.78, 5) is 18.6. The van der Waals surface area contributed by atoms with Crippen molar-refractivity contribution in [3.8, 4) is 0 Å². The van der Waals surface area contributed by atoms with Crippen LogP contribution < -0.4 is 0 Å². The van der Waals surface area contributed by atoms with Crippen molar-refractivity contribution in [2.75, 3.05) is 52.4 Å². The van der Waals surface area contributed by atoms with Crippen LogP contribution in [0.5, 0.6) is 0 Å². The van der Waals surface area contributed by atoms with Crippen LogP contribution in [0.1, 0.15) is 19.3 Å². The van der Waals surface area contributed by atoms with Crippen LogP contribution in [0.4, 0.5) is 0 Å². The minimum Gasteiger partial charge on any atom is -0.394 e. The summed E-state index contributed by atoms with van der Waals surface area (Å²) in [7, 11) is -4.35. The Morgan fingerprint density at radius 1 is 0.307 bits per heavy atom. The molecule has 0 aromatic heterocycles. The summed E-state index contributed by atoms with van der Waals surface area (Å²) in [5.41, 5.74) is 0. The lowest BCUT2D eigenvalue weighted by atomic mass is 9.94. The van der Waals surface area contributed by atoms with E-state index in [4.69, 9.17) is 61.6 Å². The Labute approximate surface area is 425 Å². The van der Waals surface area contributed by atoms with Gasteiger partial charge in [-0.2, -0.15) is 0 Å². The molecule has 22 fully saturated rings. The molecule has 0 aromatic rings. The summed E-state index contributed by atoms with van der Waals surface area (Å²) >= 11 is 0. The van der Waals surface area contributed by atoms with E-state index in [9.17, 15) is 101 Å². The lowest BCUT2D eigenvalue weighted by Gasteiger charge is -2.51. The molecule has 12 bridgehead atoms. The Kier molecular flexibility index (Phi) is 21.9. The van der Waals surface area contributed by atoms with Gasteiger partial charge in [0.25, 0.3) is 0 Å². The SMILES string of the molecule is O=P(O)(O)CCCCCO[C@@H]1[C@@H](O)[C@H]2O[C@H]3[C@H](O)[C@@H](O)[C@@H](O[C@H]4[C@H](O)[C@@H](O)[C@@H](O[C@H]5[C@H](O)[C@@H](O)[C@@H](O[C@H]6[C@H](O)[C@@H](O)[C@@H](O[C@H]7[C@H](O)[C@@H](O)[C@@H](O[C@H]1[C@@H](CO)O2)O[C@@H]7CO)O[C@@H]6CO)O[C@@H]5CO)O[C@@H]4CO)O[C@@H]3CO. The minimum atomic E-state index is -4.35. The number of ether oxygens (including phenoxy) is 13. The van der Waals surface area contributed by atoms with Gasteiger partial charge in [0.05, 0.1) is 39.6 Å². The van der Waals surface area contributed by atoms with Crippen molar-refractivity contribution in [1.82, 2.24) is 0 Å². The summed E-state index contributed by atoms with van der Waals surface area (Å²) in [6, 6.07) is 0. The second kappa shape index (κ2) is 26.7. The van der Waals surface area contributed by atoms with Crippen molar-refractivity contribution in [2.45, 2.75) is 203 Å². The molecule has 75 heavy (non-hydrogen) atoms. The maximum atomic E-state index is 11.9. The first-order valence-electron chi connectivity index (χ1n) is 24.3. The predicted octanol–water partition coefficient (Wildman–Crippen LogP) is -11.7. The molecule has 22 aliphatic rings. The van der Waals surface area contributed by atoms with Gasteiger partial charge < -0.3 is 158 Å². The predicted molar refractivity (Wildman–Crippen MR) is 230 cm³/mol. The van der Waals surface area contributed by atoms with Gasteiger partial charge in [-0.3, -0.25) is 4.57 Å². The molecule has 0 radical (unpaired) electrons. The molecule has 34 heteroatoms. The highest BCUT2D eigenvalue weighted by molar-refractivity contribution is 7.51. The van der Waals surface area contributed by atoms with E-state index in [-0.39, 0.29) is 25.9 Å². The Hall–Kier alpha value is -1.05. The number of unbranched alkanes of at least 4 members (excludes halogenated alkanes) is 2. The second-order valence-corrected chi connectivity index (χ2v) is 20.9. The Balaban J connectivity index is 1.20. The topological polar surface area (TPSA) is 521 Å². The molecule has 33 nitrogen and oxygen atoms in total. The van der Waals surface area contributed by atoms with Gasteiger partial charge in [0.15, 0.2) is 37.7 Å². The summed E-state index contributed by atoms with van der Waals surface area (Å²) in [6.07, 6.45) is -58.6. The van der Waals surface area contributed by atoms with E-state index in [0.29, 0.717) is 0 Å². The third-order valence-corrected chi connectivity index (χ3v) is 14.9. The molecule has 0 aliphatic carbocycles. The second-order valence-electron chi connectivity index (χ2n) is 19.1. The average molecular weight is 1120 g/mol. The normalized spacial score (nSPS) is 50.4. The van der Waals surface area contributed by atoms with Crippen LogP contribution in [0.3, 0.4) is 0 Å². The number of aliphatic hydroxyl groups excluding tert-OH is 17. The van der Waals surface area contributed by atoms with Gasteiger partial charge in [-0.05, 0) is 12.8 Å². The molecule has 22 rings (SSSR count). The largest absolute Gasteiger partial charge is 0.394 e. The first-order valence-corrected chi connectivity index (χ1v) is 26.1. The van der Waals surface area contributed by atoms with Crippen molar-refractivity contribution in [3.63, 3.8) is 0 Å². The Bertz CT molecular complexity index is 1780. The highest BCUT2D eigenvalue weighted by Crippen LogP contribution is 2.39. The van der Waals surface area contributed by atoms with Crippen LogP contribution in [0.2, 0.25) is 0 Å². The van der Waals surface area contributed by atoms with Gasteiger partial charge in [0.2, 0.25) is 0 Å². The Morgan fingerprint density at radius 3 is 0.800 bits per heavy atom. The van der Waals surface area contributed by atoms with Gasteiger partial charge in [-0.25, -0.2) is 0 Å². The summed E-state index contributed by atoms with van der Waals surface area (Å²) in [5.74, 6) is 0. The number of rotatable bonds is 13. The van der Waals surface area contributed by atoms with E-state index in [0.717, 1.165) is 0 Å². The monoisotopic (exact) mass is 1120 g/mol. The molecule has 22 aliphatic heterocycles. The van der Waals surface area contributed by atoms with Crippen LogP contribution in [-0.4, -0.2) is 333 Å². The molecular weight excluding hydrogens is 1050 g/mol. The maximum absolute atomic E-state index is 11.9. The maximum Gasteiger partial charge on any atom is 0.325 e. The van der Waals surface area contributed by atoms with Crippen molar-refractivity contribution >= 4 is 7.60 Å². The molecule has 0 saturated carbocycles. The molecular formula is C41H71O33P. The molecule has 0 unspecified atom stereocenters. The average Bonchev–Trinajstić information content (AvgIpc) is 3.38. The van der Waals surface area contributed by atoms with Crippen molar-refractivity contribution < 1.29 is 163 Å². The van der Waals surface area contributed by atoms with E-state index in [1.807, 2.05) is 0 Å². The molecule has 30 atom stereocenters. The van der Waals surface area contributed by atoms with Gasteiger partial charge in [0.1, 0.15) is 146 Å². The summed E-state index contributed by atoms with van der Waals surface area (Å²) in [5, 5.41) is 188. The van der Waals surface area contributed by atoms with Crippen molar-refractivity contribution in [1.29, 1.82) is 0 Å². The van der Waals surface area contributed by atoms with E-state index in [2.05, 4.69) is 0 Å². The third-order valence-electron chi connectivity index (χ3n) is 14.0. The molecule has 22 saturated heterocycles. The van der Waals surface area contributed by atoms with Gasteiger partial charge >= 0.3 is 7.60 Å².